The molecule has 0 heterocycles. The van der Waals surface area contributed by atoms with E-state index < -0.39 is 16.4 Å². The van der Waals surface area contributed by atoms with E-state index in [1.54, 1.807) is 14.1 Å². The van der Waals surface area contributed by atoms with E-state index in [-0.39, 0.29) is 22.8 Å². The minimum absolute atomic E-state index is 0.124. The summed E-state index contributed by atoms with van der Waals surface area (Å²) in [6, 6.07) is 4.01. The van der Waals surface area contributed by atoms with Crippen molar-refractivity contribution in [2.24, 2.45) is 5.73 Å². The molecule has 21 heavy (non-hydrogen) atoms. The molecule has 114 valence electrons. The normalized spacial score (nSPS) is 10.9. The van der Waals surface area contributed by atoms with E-state index in [0.717, 1.165) is 0 Å². The summed E-state index contributed by atoms with van der Waals surface area (Å²) in [6.45, 7) is 3.02. The molecule has 1 aromatic rings. The number of nitrogens with two attached hydrogens (primary N) is 1. The van der Waals surface area contributed by atoms with Crippen LogP contribution in [0.1, 0.15) is 24.2 Å². The van der Waals surface area contributed by atoms with Crippen molar-refractivity contribution in [2.75, 3.05) is 19.4 Å². The number of benzene rings is 1. The van der Waals surface area contributed by atoms with Crippen molar-refractivity contribution in [3.63, 3.8) is 0 Å². The van der Waals surface area contributed by atoms with Gasteiger partial charge in [0, 0.05) is 25.7 Å². The summed E-state index contributed by atoms with van der Waals surface area (Å²) < 4.78 is 0. The molecule has 0 unspecified atom stereocenters. The van der Waals surface area contributed by atoms with Crippen LogP contribution in [0.2, 0.25) is 0 Å². The van der Waals surface area contributed by atoms with Gasteiger partial charge in [-0.1, -0.05) is 0 Å². The summed E-state index contributed by atoms with van der Waals surface area (Å²) in [6.07, 6.45) is 0. The number of nitrogens with zero attached hydrogens (tertiary/aromatic N) is 2. The molecule has 0 fully saturated rings. The van der Waals surface area contributed by atoms with E-state index in [1.165, 1.54) is 36.9 Å². The largest absolute Gasteiger partial charge is 0.368 e. The van der Waals surface area contributed by atoms with Crippen LogP contribution in [-0.2, 0) is 4.79 Å². The molecule has 0 saturated carbocycles. The number of rotatable bonds is 5. The van der Waals surface area contributed by atoms with Crippen LogP contribution in [0.5, 0.6) is 0 Å². The Kier molecular flexibility index (Phi) is 4.52. The van der Waals surface area contributed by atoms with E-state index in [4.69, 9.17) is 5.73 Å². The van der Waals surface area contributed by atoms with Crippen molar-refractivity contribution in [2.45, 2.75) is 19.4 Å². The molecule has 0 saturated heterocycles. The summed E-state index contributed by atoms with van der Waals surface area (Å²) >= 11 is 0. The zero-order valence-corrected chi connectivity index (χ0v) is 12.3. The molecule has 0 radical (unpaired) electrons. The zero-order chi connectivity index (χ0) is 16.4. The van der Waals surface area contributed by atoms with Crippen LogP contribution in [-0.4, -0.2) is 41.3 Å². The van der Waals surface area contributed by atoms with Gasteiger partial charge in [0.1, 0.15) is 11.2 Å². The molecule has 1 rings (SSSR count). The number of nitro benzene ring substituents is 1. The average Bonchev–Trinajstić information content (AvgIpc) is 2.37. The monoisotopic (exact) mass is 294 g/mol. The number of nitro groups is 1. The van der Waals surface area contributed by atoms with Crippen molar-refractivity contribution in [1.82, 2.24) is 4.90 Å². The SMILES string of the molecule is CN(C)C(=O)c1ccc(NC(C)(C)C(N)=O)c([N+](=O)[O-])c1. The number of anilines is 1. The number of primary amides is 1. The summed E-state index contributed by atoms with van der Waals surface area (Å²) in [5.74, 6) is -0.996. The van der Waals surface area contributed by atoms with Gasteiger partial charge in [-0.25, -0.2) is 0 Å². The van der Waals surface area contributed by atoms with Gasteiger partial charge in [-0.2, -0.15) is 0 Å². The van der Waals surface area contributed by atoms with Crippen LogP contribution in [0, 0.1) is 10.1 Å². The summed E-state index contributed by atoms with van der Waals surface area (Å²) in [5, 5.41) is 13.9. The highest BCUT2D eigenvalue weighted by Crippen LogP contribution is 2.28. The first-order valence-corrected chi connectivity index (χ1v) is 6.14. The number of hydrogen-bond acceptors (Lipinski definition) is 5. The summed E-state index contributed by atoms with van der Waals surface area (Å²) in [4.78, 5) is 35.0. The second-order valence-electron chi connectivity index (χ2n) is 5.30. The van der Waals surface area contributed by atoms with E-state index in [2.05, 4.69) is 5.32 Å². The second-order valence-corrected chi connectivity index (χ2v) is 5.30. The van der Waals surface area contributed by atoms with Crippen LogP contribution < -0.4 is 11.1 Å². The number of nitrogens with one attached hydrogen (secondary N) is 1. The molecule has 0 spiro atoms. The molecule has 0 aromatic heterocycles. The van der Waals surface area contributed by atoms with Crippen molar-refractivity contribution >= 4 is 23.2 Å². The molecule has 0 aliphatic rings. The molecule has 0 aliphatic carbocycles. The third kappa shape index (κ3) is 3.68. The van der Waals surface area contributed by atoms with Crippen LogP contribution in [0.15, 0.2) is 18.2 Å². The number of carbonyl (C=O) groups is 2. The fourth-order valence-corrected chi connectivity index (χ4v) is 1.58. The van der Waals surface area contributed by atoms with Gasteiger partial charge < -0.3 is 16.0 Å². The standard InChI is InChI=1S/C13H18N4O4/c1-13(2,12(14)19)15-9-6-5-8(11(18)16(3)4)7-10(9)17(20)21/h5-7,15H,1-4H3,(H2,14,19). The van der Waals surface area contributed by atoms with Crippen molar-refractivity contribution in [3.05, 3.63) is 33.9 Å². The zero-order valence-electron chi connectivity index (χ0n) is 12.3. The summed E-state index contributed by atoms with van der Waals surface area (Å²) in [5.41, 5.74) is 4.09. The van der Waals surface area contributed by atoms with E-state index in [0.29, 0.717) is 0 Å². The molecule has 0 aliphatic heterocycles. The Hall–Kier alpha value is -2.64. The Morgan fingerprint density at radius 3 is 2.33 bits per heavy atom. The fourth-order valence-electron chi connectivity index (χ4n) is 1.58. The second kappa shape index (κ2) is 5.78. The lowest BCUT2D eigenvalue weighted by Crippen LogP contribution is -2.45. The van der Waals surface area contributed by atoms with Gasteiger partial charge >= 0.3 is 0 Å². The maximum absolute atomic E-state index is 11.8. The Morgan fingerprint density at radius 2 is 1.90 bits per heavy atom. The highest BCUT2D eigenvalue weighted by Gasteiger charge is 2.28. The van der Waals surface area contributed by atoms with Gasteiger partial charge in [0.25, 0.3) is 11.6 Å². The highest BCUT2D eigenvalue weighted by atomic mass is 16.6. The molecular weight excluding hydrogens is 276 g/mol. The third-order valence-corrected chi connectivity index (χ3v) is 2.91. The van der Waals surface area contributed by atoms with Gasteiger partial charge in [0.2, 0.25) is 5.91 Å². The van der Waals surface area contributed by atoms with E-state index in [9.17, 15) is 19.7 Å². The average molecular weight is 294 g/mol. The molecule has 3 N–H and O–H groups in total. The minimum Gasteiger partial charge on any atom is -0.368 e. The van der Waals surface area contributed by atoms with Gasteiger partial charge in [-0.05, 0) is 26.0 Å². The molecule has 8 nitrogen and oxygen atoms in total. The third-order valence-electron chi connectivity index (χ3n) is 2.91. The number of amides is 2. The number of carbonyl (C=O) groups excluding carboxylic acids is 2. The maximum atomic E-state index is 11.8. The quantitative estimate of drug-likeness (QED) is 0.619. The Balaban J connectivity index is 3.26. The fraction of sp³-hybridized carbons (Fsp3) is 0.385. The highest BCUT2D eigenvalue weighted by molar-refractivity contribution is 5.96. The lowest BCUT2D eigenvalue weighted by atomic mass is 10.0. The van der Waals surface area contributed by atoms with Crippen LogP contribution >= 0.6 is 0 Å². The topological polar surface area (TPSA) is 119 Å². The lowest BCUT2D eigenvalue weighted by molar-refractivity contribution is -0.384. The van der Waals surface area contributed by atoms with E-state index >= 15 is 0 Å². The predicted octanol–water partition coefficient (Wildman–Crippen LogP) is 0.972. The molecule has 2 amide bonds. The van der Waals surface area contributed by atoms with Crippen molar-refractivity contribution in [1.29, 1.82) is 0 Å². The van der Waals surface area contributed by atoms with Gasteiger partial charge in [0.05, 0.1) is 4.92 Å². The number of hydrogen-bond donors (Lipinski definition) is 2. The van der Waals surface area contributed by atoms with Crippen LogP contribution in [0.25, 0.3) is 0 Å². The lowest BCUT2D eigenvalue weighted by Gasteiger charge is -2.23. The predicted molar refractivity (Wildman–Crippen MR) is 78.0 cm³/mol. The Morgan fingerprint density at radius 1 is 1.33 bits per heavy atom. The molecular formula is C13H18N4O4. The first-order valence-electron chi connectivity index (χ1n) is 6.14. The van der Waals surface area contributed by atoms with Gasteiger partial charge in [-0.15, -0.1) is 0 Å². The van der Waals surface area contributed by atoms with Crippen molar-refractivity contribution in [3.8, 4) is 0 Å². The maximum Gasteiger partial charge on any atom is 0.293 e. The van der Waals surface area contributed by atoms with Crippen molar-refractivity contribution < 1.29 is 14.5 Å². The first kappa shape index (κ1) is 16.4. The smallest absolute Gasteiger partial charge is 0.293 e. The first-order chi connectivity index (χ1) is 9.56. The van der Waals surface area contributed by atoms with Gasteiger partial charge in [0.15, 0.2) is 0 Å². The minimum atomic E-state index is -1.15. The van der Waals surface area contributed by atoms with E-state index in [1.807, 2.05) is 0 Å². The van der Waals surface area contributed by atoms with Crippen LogP contribution in [0.4, 0.5) is 11.4 Å². The Labute approximate surface area is 122 Å². The molecule has 0 atom stereocenters. The Bertz CT molecular complexity index is 596. The summed E-state index contributed by atoms with van der Waals surface area (Å²) in [7, 11) is 3.10. The molecule has 1 aromatic carbocycles. The van der Waals surface area contributed by atoms with Gasteiger partial charge in [-0.3, -0.25) is 19.7 Å². The van der Waals surface area contributed by atoms with Crippen LogP contribution in [0.3, 0.4) is 0 Å². The molecule has 8 heteroatoms. The molecule has 0 bridgehead atoms.